The van der Waals surface area contributed by atoms with Crippen molar-refractivity contribution in [2.75, 3.05) is 6.61 Å². The summed E-state index contributed by atoms with van der Waals surface area (Å²) in [4.78, 5) is 0. The largest absolute Gasteiger partial charge is 0.494 e. The van der Waals surface area contributed by atoms with Crippen LogP contribution in [-0.4, -0.2) is 22.0 Å². The number of rotatable bonds is 4. The van der Waals surface area contributed by atoms with Crippen molar-refractivity contribution in [2.24, 2.45) is 0 Å². The van der Waals surface area contributed by atoms with Gasteiger partial charge in [-0.15, -0.1) is 0 Å². The zero-order valence-corrected chi connectivity index (χ0v) is 9.05. The van der Waals surface area contributed by atoms with E-state index < -0.39 is 0 Å². The quantitative estimate of drug-likeness (QED) is 0.851. The molecule has 0 unspecified atom stereocenters. The molecule has 0 saturated heterocycles. The second kappa shape index (κ2) is 5.11. The summed E-state index contributed by atoms with van der Waals surface area (Å²) < 4.78 is 5.36. The van der Waals surface area contributed by atoms with Crippen molar-refractivity contribution in [3.8, 4) is 5.75 Å². The number of aromatic amines is 1. The first-order chi connectivity index (χ1) is 7.88. The molecule has 0 amide bonds. The molecule has 1 aromatic carbocycles. The third-order valence-electron chi connectivity index (χ3n) is 2.07. The van der Waals surface area contributed by atoms with Crippen LogP contribution in [0.15, 0.2) is 30.5 Å². The van der Waals surface area contributed by atoms with Crippen molar-refractivity contribution in [1.82, 2.24) is 15.4 Å². The van der Waals surface area contributed by atoms with E-state index in [1.807, 2.05) is 43.3 Å². The molecule has 0 fully saturated rings. The van der Waals surface area contributed by atoms with Crippen molar-refractivity contribution < 1.29 is 4.74 Å². The van der Waals surface area contributed by atoms with Crippen LogP contribution in [0.2, 0.25) is 0 Å². The number of nitrogens with one attached hydrogen (secondary N) is 1. The van der Waals surface area contributed by atoms with E-state index >= 15 is 0 Å². The molecule has 0 spiro atoms. The predicted molar refractivity (Wildman–Crippen MR) is 62.9 cm³/mol. The molecule has 0 bridgehead atoms. The number of hydrogen-bond acceptors (Lipinski definition) is 3. The molecule has 0 aliphatic rings. The summed E-state index contributed by atoms with van der Waals surface area (Å²) in [7, 11) is 0. The average molecular weight is 215 g/mol. The van der Waals surface area contributed by atoms with E-state index in [0.717, 1.165) is 17.0 Å². The summed E-state index contributed by atoms with van der Waals surface area (Å²) in [6, 6.07) is 7.90. The van der Waals surface area contributed by atoms with Gasteiger partial charge < -0.3 is 4.74 Å². The smallest absolute Gasteiger partial charge is 0.119 e. The molecule has 2 aromatic rings. The maximum absolute atomic E-state index is 5.36. The molecule has 1 aromatic heterocycles. The number of nitrogens with zero attached hydrogens (tertiary/aromatic N) is 2. The zero-order valence-electron chi connectivity index (χ0n) is 9.05. The molecular formula is C12H13N3O. The summed E-state index contributed by atoms with van der Waals surface area (Å²) in [6.07, 6.45) is 5.55. The van der Waals surface area contributed by atoms with E-state index in [2.05, 4.69) is 15.4 Å². The van der Waals surface area contributed by atoms with Gasteiger partial charge in [0.15, 0.2) is 0 Å². The lowest BCUT2D eigenvalue weighted by Crippen LogP contribution is -1.90. The Kier molecular flexibility index (Phi) is 3.33. The van der Waals surface area contributed by atoms with Gasteiger partial charge in [-0.1, -0.05) is 18.2 Å². The Morgan fingerprint density at radius 1 is 1.25 bits per heavy atom. The van der Waals surface area contributed by atoms with Crippen LogP contribution in [0.5, 0.6) is 5.75 Å². The predicted octanol–water partition coefficient (Wildman–Crippen LogP) is 2.37. The SMILES string of the molecule is CCOc1ccc(C=Cc2cn[nH]n2)cc1. The second-order valence-electron chi connectivity index (χ2n) is 3.23. The van der Waals surface area contributed by atoms with Crippen molar-refractivity contribution in [3.63, 3.8) is 0 Å². The van der Waals surface area contributed by atoms with Gasteiger partial charge in [-0.2, -0.15) is 15.4 Å². The van der Waals surface area contributed by atoms with Crippen LogP contribution < -0.4 is 4.74 Å². The first-order valence-corrected chi connectivity index (χ1v) is 5.15. The molecule has 0 atom stereocenters. The lowest BCUT2D eigenvalue weighted by atomic mass is 10.2. The summed E-state index contributed by atoms with van der Waals surface area (Å²) in [5.41, 5.74) is 1.92. The Morgan fingerprint density at radius 2 is 2.06 bits per heavy atom. The molecule has 0 aliphatic carbocycles. The maximum Gasteiger partial charge on any atom is 0.119 e. The molecule has 2 rings (SSSR count). The number of hydrogen-bond donors (Lipinski definition) is 1. The molecular weight excluding hydrogens is 202 g/mol. The highest BCUT2D eigenvalue weighted by molar-refractivity contribution is 5.67. The van der Waals surface area contributed by atoms with Crippen LogP contribution in [0.1, 0.15) is 18.2 Å². The summed E-state index contributed by atoms with van der Waals surface area (Å²) in [5.74, 6) is 0.890. The summed E-state index contributed by atoms with van der Waals surface area (Å²) in [6.45, 7) is 2.66. The van der Waals surface area contributed by atoms with Gasteiger partial charge in [0.2, 0.25) is 0 Å². The third kappa shape index (κ3) is 2.70. The van der Waals surface area contributed by atoms with Gasteiger partial charge in [-0.3, -0.25) is 0 Å². The number of H-pyrrole nitrogens is 1. The highest BCUT2D eigenvalue weighted by Crippen LogP contribution is 2.13. The fourth-order valence-corrected chi connectivity index (χ4v) is 1.31. The van der Waals surface area contributed by atoms with Crippen LogP contribution in [0.25, 0.3) is 12.2 Å². The first-order valence-electron chi connectivity index (χ1n) is 5.15. The van der Waals surface area contributed by atoms with E-state index in [1.165, 1.54) is 0 Å². The first kappa shape index (κ1) is 10.4. The molecule has 82 valence electrons. The molecule has 4 nitrogen and oxygen atoms in total. The standard InChI is InChI=1S/C12H13N3O/c1-2-16-12-7-4-10(5-8-12)3-6-11-9-13-15-14-11/h3-9H,2H2,1H3,(H,13,14,15). The van der Waals surface area contributed by atoms with Gasteiger partial charge >= 0.3 is 0 Å². The average Bonchev–Trinajstić information content (AvgIpc) is 2.82. The minimum atomic E-state index is 0.689. The molecule has 1 N–H and O–H groups in total. The van der Waals surface area contributed by atoms with Crippen LogP contribution in [0.3, 0.4) is 0 Å². The molecule has 16 heavy (non-hydrogen) atoms. The third-order valence-corrected chi connectivity index (χ3v) is 2.07. The fraction of sp³-hybridized carbons (Fsp3) is 0.167. The number of ether oxygens (including phenoxy) is 1. The van der Waals surface area contributed by atoms with Crippen LogP contribution >= 0.6 is 0 Å². The molecule has 0 saturated carbocycles. The van der Waals surface area contributed by atoms with Crippen molar-refractivity contribution in [2.45, 2.75) is 6.92 Å². The molecule has 1 heterocycles. The Labute approximate surface area is 94.0 Å². The highest BCUT2D eigenvalue weighted by atomic mass is 16.5. The minimum absolute atomic E-state index is 0.689. The van der Waals surface area contributed by atoms with E-state index in [-0.39, 0.29) is 0 Å². The van der Waals surface area contributed by atoms with Gasteiger partial charge in [0, 0.05) is 0 Å². The molecule has 0 radical (unpaired) electrons. The lowest BCUT2D eigenvalue weighted by molar-refractivity contribution is 0.340. The van der Waals surface area contributed by atoms with Crippen molar-refractivity contribution in [1.29, 1.82) is 0 Å². The van der Waals surface area contributed by atoms with Gasteiger partial charge in [0.1, 0.15) is 11.4 Å². The van der Waals surface area contributed by atoms with E-state index in [9.17, 15) is 0 Å². The summed E-state index contributed by atoms with van der Waals surface area (Å²) in [5, 5.41) is 10.2. The Hall–Kier alpha value is -2.10. The lowest BCUT2D eigenvalue weighted by Gasteiger charge is -2.01. The molecule has 4 heteroatoms. The second-order valence-corrected chi connectivity index (χ2v) is 3.23. The zero-order chi connectivity index (χ0) is 11.2. The topological polar surface area (TPSA) is 50.8 Å². The van der Waals surface area contributed by atoms with Gasteiger partial charge in [-0.25, -0.2) is 0 Å². The minimum Gasteiger partial charge on any atom is -0.494 e. The Bertz CT molecular complexity index is 446. The summed E-state index contributed by atoms with van der Waals surface area (Å²) >= 11 is 0. The van der Waals surface area contributed by atoms with Gasteiger partial charge in [0.05, 0.1) is 12.8 Å². The fourth-order valence-electron chi connectivity index (χ4n) is 1.31. The molecule has 0 aliphatic heterocycles. The number of aromatic nitrogens is 3. The van der Waals surface area contributed by atoms with E-state index in [0.29, 0.717) is 6.61 Å². The maximum atomic E-state index is 5.36. The van der Waals surface area contributed by atoms with Gasteiger partial charge in [0.25, 0.3) is 0 Å². The van der Waals surface area contributed by atoms with Crippen LogP contribution in [0, 0.1) is 0 Å². The van der Waals surface area contributed by atoms with E-state index in [1.54, 1.807) is 6.20 Å². The highest BCUT2D eigenvalue weighted by Gasteiger charge is 1.92. The van der Waals surface area contributed by atoms with Gasteiger partial charge in [-0.05, 0) is 30.7 Å². The van der Waals surface area contributed by atoms with Crippen LogP contribution in [0.4, 0.5) is 0 Å². The Balaban J connectivity index is 2.05. The monoisotopic (exact) mass is 215 g/mol. The Morgan fingerprint density at radius 3 is 2.69 bits per heavy atom. The van der Waals surface area contributed by atoms with Crippen molar-refractivity contribution >= 4 is 12.2 Å². The van der Waals surface area contributed by atoms with Crippen molar-refractivity contribution in [3.05, 3.63) is 41.7 Å². The van der Waals surface area contributed by atoms with Crippen LogP contribution in [-0.2, 0) is 0 Å². The normalized spacial score (nSPS) is 10.8. The number of benzene rings is 1. The van der Waals surface area contributed by atoms with E-state index in [4.69, 9.17) is 4.74 Å².